The maximum atomic E-state index is 11.1. The summed E-state index contributed by atoms with van der Waals surface area (Å²) in [7, 11) is 0. The molecule has 1 aliphatic rings. The van der Waals surface area contributed by atoms with Crippen LogP contribution in [0.4, 0.5) is 5.69 Å². The molecule has 0 saturated heterocycles. The van der Waals surface area contributed by atoms with E-state index < -0.39 is 0 Å². The van der Waals surface area contributed by atoms with Crippen LogP contribution in [0.15, 0.2) is 22.7 Å². The Kier molecular flexibility index (Phi) is 5.39. The van der Waals surface area contributed by atoms with Crippen molar-refractivity contribution < 1.29 is 4.92 Å². The van der Waals surface area contributed by atoms with E-state index in [4.69, 9.17) is 0 Å². The zero-order valence-electron chi connectivity index (χ0n) is 10.6. The molecule has 2 unspecified atom stereocenters. The van der Waals surface area contributed by atoms with E-state index in [1.807, 2.05) is 12.1 Å². The average Bonchev–Trinajstić information content (AvgIpc) is 2.57. The van der Waals surface area contributed by atoms with Crippen molar-refractivity contribution in [3.05, 3.63) is 38.3 Å². The second-order valence-electron chi connectivity index (χ2n) is 5.15. The number of nitro benzene ring substituents is 1. The van der Waals surface area contributed by atoms with Gasteiger partial charge in [-0.1, -0.05) is 57.2 Å². The molecule has 5 heteroatoms. The molecular formula is C14H17Br2NO2. The van der Waals surface area contributed by atoms with E-state index >= 15 is 0 Å². The Hall–Kier alpha value is -0.420. The van der Waals surface area contributed by atoms with Crippen molar-refractivity contribution in [3.63, 3.8) is 0 Å². The summed E-state index contributed by atoms with van der Waals surface area (Å²) >= 11 is 7.06. The number of rotatable bonds is 3. The molecule has 2 rings (SSSR count). The highest BCUT2D eigenvalue weighted by atomic mass is 79.9. The minimum atomic E-state index is -0.278. The molecule has 0 spiro atoms. The van der Waals surface area contributed by atoms with Crippen molar-refractivity contribution in [1.82, 2.24) is 0 Å². The van der Waals surface area contributed by atoms with E-state index in [0.29, 0.717) is 10.7 Å². The van der Waals surface area contributed by atoms with Crippen molar-refractivity contribution >= 4 is 37.5 Å². The minimum absolute atomic E-state index is 0.235. The van der Waals surface area contributed by atoms with Crippen molar-refractivity contribution in [1.29, 1.82) is 0 Å². The number of halogens is 2. The van der Waals surface area contributed by atoms with E-state index in [9.17, 15) is 10.1 Å². The van der Waals surface area contributed by atoms with Gasteiger partial charge in [-0.3, -0.25) is 10.1 Å². The van der Waals surface area contributed by atoms with Gasteiger partial charge < -0.3 is 0 Å². The quantitative estimate of drug-likeness (QED) is 0.306. The van der Waals surface area contributed by atoms with Crippen molar-refractivity contribution in [2.24, 2.45) is 5.92 Å². The van der Waals surface area contributed by atoms with Gasteiger partial charge in [-0.15, -0.1) is 0 Å². The van der Waals surface area contributed by atoms with Crippen molar-refractivity contribution in [3.8, 4) is 0 Å². The Morgan fingerprint density at radius 3 is 2.74 bits per heavy atom. The van der Waals surface area contributed by atoms with E-state index in [2.05, 4.69) is 31.9 Å². The molecule has 0 N–H and O–H groups in total. The molecule has 1 aliphatic carbocycles. The van der Waals surface area contributed by atoms with E-state index in [0.717, 1.165) is 22.9 Å². The Balaban J connectivity index is 2.19. The lowest BCUT2D eigenvalue weighted by Crippen LogP contribution is -2.16. The monoisotopic (exact) mass is 389 g/mol. The molecule has 19 heavy (non-hydrogen) atoms. The van der Waals surface area contributed by atoms with Gasteiger partial charge in [0.2, 0.25) is 0 Å². The first-order chi connectivity index (χ1) is 9.08. The summed E-state index contributed by atoms with van der Waals surface area (Å²) in [6, 6.07) is 5.38. The first-order valence-corrected chi connectivity index (χ1v) is 8.35. The highest BCUT2D eigenvalue weighted by Crippen LogP contribution is 2.34. The molecule has 3 nitrogen and oxygen atoms in total. The van der Waals surface area contributed by atoms with Gasteiger partial charge in [0.05, 0.1) is 4.92 Å². The Labute approximate surface area is 130 Å². The number of nitrogens with zero attached hydrogens (tertiary/aromatic N) is 1. The third kappa shape index (κ3) is 4.02. The normalized spacial score (nSPS) is 23.9. The molecule has 104 valence electrons. The smallest absolute Gasteiger partial charge is 0.258 e. The molecule has 1 aromatic rings. The van der Waals surface area contributed by atoms with Gasteiger partial charge in [0.25, 0.3) is 5.69 Å². The number of hydrogen-bond acceptors (Lipinski definition) is 2. The number of alkyl halides is 1. The van der Waals surface area contributed by atoms with Crippen molar-refractivity contribution in [2.75, 3.05) is 0 Å². The molecule has 0 radical (unpaired) electrons. The predicted octanol–water partition coefficient (Wildman–Crippen LogP) is 5.24. The summed E-state index contributed by atoms with van der Waals surface area (Å²) in [5.74, 6) is 0.502. The van der Waals surface area contributed by atoms with Crippen LogP contribution in [0.2, 0.25) is 0 Å². The lowest BCUT2D eigenvalue weighted by atomic mass is 9.91. The topological polar surface area (TPSA) is 43.1 Å². The Morgan fingerprint density at radius 2 is 2.00 bits per heavy atom. The van der Waals surface area contributed by atoms with Gasteiger partial charge in [-0.05, 0) is 31.2 Å². The van der Waals surface area contributed by atoms with Crippen molar-refractivity contribution in [2.45, 2.75) is 43.4 Å². The summed E-state index contributed by atoms with van der Waals surface area (Å²) in [6.45, 7) is 0. The van der Waals surface area contributed by atoms with Crippen LogP contribution in [-0.2, 0) is 6.42 Å². The first-order valence-electron chi connectivity index (χ1n) is 6.65. The van der Waals surface area contributed by atoms with Crippen LogP contribution >= 0.6 is 31.9 Å². The lowest BCUT2D eigenvalue weighted by Gasteiger charge is -2.19. The van der Waals surface area contributed by atoms with E-state index in [1.165, 1.54) is 25.7 Å². The second-order valence-corrected chi connectivity index (χ2v) is 7.24. The molecule has 1 fully saturated rings. The summed E-state index contributed by atoms with van der Waals surface area (Å²) in [5, 5.41) is 11.1. The third-order valence-electron chi connectivity index (χ3n) is 3.79. The molecule has 0 aliphatic heterocycles. The molecule has 0 aromatic heterocycles. The SMILES string of the molecule is O=[N+]([O-])c1cc(Br)ccc1CC1CCCCCC1Br. The fourth-order valence-corrected chi connectivity index (χ4v) is 3.86. The zero-order valence-corrected chi connectivity index (χ0v) is 13.8. The highest BCUT2D eigenvalue weighted by molar-refractivity contribution is 9.10. The minimum Gasteiger partial charge on any atom is -0.258 e. The largest absolute Gasteiger partial charge is 0.273 e. The molecule has 0 amide bonds. The number of nitro groups is 1. The molecule has 1 saturated carbocycles. The van der Waals surface area contributed by atoms with E-state index in [-0.39, 0.29) is 10.6 Å². The number of hydrogen-bond donors (Lipinski definition) is 0. The molecule has 0 bridgehead atoms. The summed E-state index contributed by atoms with van der Waals surface area (Å²) in [5.41, 5.74) is 1.09. The van der Waals surface area contributed by atoms with Crippen LogP contribution in [0.5, 0.6) is 0 Å². The maximum Gasteiger partial charge on any atom is 0.273 e. The fourth-order valence-electron chi connectivity index (χ4n) is 2.73. The fraction of sp³-hybridized carbons (Fsp3) is 0.571. The van der Waals surface area contributed by atoms with Crippen LogP contribution in [0, 0.1) is 16.0 Å². The zero-order chi connectivity index (χ0) is 13.8. The van der Waals surface area contributed by atoms with Crippen LogP contribution < -0.4 is 0 Å². The Bertz CT molecular complexity index is 465. The first kappa shape index (κ1) is 15.0. The Morgan fingerprint density at radius 1 is 1.26 bits per heavy atom. The van der Waals surface area contributed by atoms with Gasteiger partial charge in [0, 0.05) is 20.9 Å². The predicted molar refractivity (Wildman–Crippen MR) is 83.8 cm³/mol. The second kappa shape index (κ2) is 6.84. The summed E-state index contributed by atoms with van der Waals surface area (Å²) < 4.78 is 0.763. The third-order valence-corrected chi connectivity index (χ3v) is 5.49. The lowest BCUT2D eigenvalue weighted by molar-refractivity contribution is -0.385. The average molecular weight is 391 g/mol. The molecule has 1 aromatic carbocycles. The molecule has 0 heterocycles. The van der Waals surface area contributed by atoms with Gasteiger partial charge in [-0.2, -0.15) is 0 Å². The standard InChI is InChI=1S/C14H17Br2NO2/c15-12-7-6-11(14(9-12)17(18)19)8-10-4-2-1-3-5-13(10)16/h6-7,9-10,13H,1-5,8H2. The summed E-state index contributed by atoms with van der Waals surface area (Å²) in [6.07, 6.45) is 6.89. The van der Waals surface area contributed by atoms with Gasteiger partial charge in [0.15, 0.2) is 0 Å². The summed E-state index contributed by atoms with van der Waals surface area (Å²) in [4.78, 5) is 11.3. The highest BCUT2D eigenvalue weighted by Gasteiger charge is 2.24. The van der Waals surface area contributed by atoms with Gasteiger partial charge >= 0.3 is 0 Å². The van der Waals surface area contributed by atoms with E-state index in [1.54, 1.807) is 6.07 Å². The van der Waals surface area contributed by atoms with Gasteiger partial charge in [-0.25, -0.2) is 0 Å². The van der Waals surface area contributed by atoms with Crippen LogP contribution in [0.3, 0.4) is 0 Å². The molecular weight excluding hydrogens is 374 g/mol. The molecule has 2 atom stereocenters. The van der Waals surface area contributed by atoms with Crippen LogP contribution in [0.1, 0.15) is 37.7 Å². The van der Waals surface area contributed by atoms with Gasteiger partial charge in [0.1, 0.15) is 0 Å². The maximum absolute atomic E-state index is 11.1. The van der Waals surface area contributed by atoms with Crippen LogP contribution in [-0.4, -0.2) is 9.75 Å². The van der Waals surface area contributed by atoms with Crippen LogP contribution in [0.25, 0.3) is 0 Å². The number of benzene rings is 1.